The van der Waals surface area contributed by atoms with Crippen molar-refractivity contribution in [2.75, 3.05) is 14.2 Å². The van der Waals surface area contributed by atoms with E-state index in [0.717, 1.165) is 0 Å². The van der Waals surface area contributed by atoms with E-state index in [1.165, 1.54) is 6.42 Å². The van der Waals surface area contributed by atoms with Crippen molar-refractivity contribution in [2.24, 2.45) is 0 Å². The Labute approximate surface area is 63.2 Å². The molecule has 0 heterocycles. The van der Waals surface area contributed by atoms with Crippen LogP contribution in [-0.4, -0.2) is 37.2 Å². The number of hydrogen-bond donors (Lipinski definition) is 0. The van der Waals surface area contributed by atoms with E-state index in [4.69, 9.17) is 4.74 Å². The Morgan fingerprint density at radius 3 is 2.40 bits per heavy atom. The van der Waals surface area contributed by atoms with Crippen molar-refractivity contribution in [3.8, 4) is 0 Å². The third-order valence-corrected chi connectivity index (χ3v) is 2.34. The van der Waals surface area contributed by atoms with Crippen molar-refractivity contribution in [1.82, 2.24) is 4.90 Å². The molecule has 0 N–H and O–H groups in total. The predicted octanol–water partition coefficient (Wildman–Crippen LogP) is 1.11. The SMILES string of the molecule is CO[C@H]1C[C@@H]1N(C)C(C)C. The van der Waals surface area contributed by atoms with Crippen molar-refractivity contribution in [3.05, 3.63) is 0 Å². The molecule has 60 valence electrons. The topological polar surface area (TPSA) is 12.5 Å². The third kappa shape index (κ3) is 1.50. The fourth-order valence-corrected chi connectivity index (χ4v) is 1.22. The lowest BCUT2D eigenvalue weighted by Crippen LogP contribution is -2.30. The maximum atomic E-state index is 5.20. The Morgan fingerprint density at radius 1 is 1.50 bits per heavy atom. The second-order valence-electron chi connectivity index (χ2n) is 3.34. The van der Waals surface area contributed by atoms with Crippen molar-refractivity contribution in [3.63, 3.8) is 0 Å². The molecule has 2 heteroatoms. The van der Waals surface area contributed by atoms with Gasteiger partial charge in [0.2, 0.25) is 0 Å². The Balaban J connectivity index is 2.25. The third-order valence-electron chi connectivity index (χ3n) is 2.34. The van der Waals surface area contributed by atoms with Gasteiger partial charge in [0.15, 0.2) is 0 Å². The lowest BCUT2D eigenvalue weighted by atomic mass is 10.3. The van der Waals surface area contributed by atoms with E-state index in [1.54, 1.807) is 7.11 Å². The van der Waals surface area contributed by atoms with Crippen LogP contribution in [0.5, 0.6) is 0 Å². The summed E-state index contributed by atoms with van der Waals surface area (Å²) in [4.78, 5) is 2.37. The van der Waals surface area contributed by atoms with Crippen LogP contribution in [0, 0.1) is 0 Å². The first-order valence-corrected chi connectivity index (χ1v) is 3.91. The van der Waals surface area contributed by atoms with Crippen LogP contribution in [0.4, 0.5) is 0 Å². The van der Waals surface area contributed by atoms with Crippen LogP contribution in [0.25, 0.3) is 0 Å². The molecule has 0 aromatic heterocycles. The van der Waals surface area contributed by atoms with E-state index in [1.807, 2.05) is 0 Å². The molecule has 0 unspecified atom stereocenters. The second-order valence-corrected chi connectivity index (χ2v) is 3.34. The molecule has 0 radical (unpaired) electrons. The first-order chi connectivity index (χ1) is 4.66. The van der Waals surface area contributed by atoms with Crippen molar-refractivity contribution in [2.45, 2.75) is 38.5 Å². The lowest BCUT2D eigenvalue weighted by molar-refractivity contribution is 0.138. The summed E-state index contributed by atoms with van der Waals surface area (Å²) >= 11 is 0. The van der Waals surface area contributed by atoms with E-state index in [9.17, 15) is 0 Å². The largest absolute Gasteiger partial charge is 0.380 e. The molecule has 1 aliphatic carbocycles. The summed E-state index contributed by atoms with van der Waals surface area (Å²) in [6.07, 6.45) is 1.72. The summed E-state index contributed by atoms with van der Waals surface area (Å²) in [5.74, 6) is 0. The second kappa shape index (κ2) is 2.89. The number of nitrogens with zero attached hydrogens (tertiary/aromatic N) is 1. The zero-order valence-corrected chi connectivity index (χ0v) is 7.29. The Bertz CT molecular complexity index is 114. The standard InChI is InChI=1S/C8H17NO/c1-6(2)9(3)7-5-8(7)10-4/h6-8H,5H2,1-4H3/t7-,8-/m0/s1. The highest BCUT2D eigenvalue weighted by Gasteiger charge is 2.41. The van der Waals surface area contributed by atoms with E-state index in [-0.39, 0.29) is 0 Å². The van der Waals surface area contributed by atoms with Gasteiger partial charge in [-0.25, -0.2) is 0 Å². The van der Waals surface area contributed by atoms with Gasteiger partial charge >= 0.3 is 0 Å². The molecule has 10 heavy (non-hydrogen) atoms. The van der Waals surface area contributed by atoms with Crippen molar-refractivity contribution < 1.29 is 4.74 Å². The minimum Gasteiger partial charge on any atom is -0.380 e. The number of ether oxygens (including phenoxy) is 1. The van der Waals surface area contributed by atoms with Gasteiger partial charge in [-0.3, -0.25) is 4.90 Å². The molecule has 1 rings (SSSR count). The van der Waals surface area contributed by atoms with Gasteiger partial charge in [-0.15, -0.1) is 0 Å². The van der Waals surface area contributed by atoms with Gasteiger partial charge in [0.25, 0.3) is 0 Å². The number of methoxy groups -OCH3 is 1. The van der Waals surface area contributed by atoms with Gasteiger partial charge < -0.3 is 4.74 Å². The van der Waals surface area contributed by atoms with E-state index in [2.05, 4.69) is 25.8 Å². The highest BCUT2D eigenvalue weighted by atomic mass is 16.5. The van der Waals surface area contributed by atoms with E-state index in [0.29, 0.717) is 18.2 Å². The number of likely N-dealkylation sites (N-methyl/N-ethyl adjacent to an activating group) is 1. The smallest absolute Gasteiger partial charge is 0.0743 e. The molecule has 0 aliphatic heterocycles. The molecule has 1 saturated carbocycles. The van der Waals surface area contributed by atoms with Crippen LogP contribution in [0.1, 0.15) is 20.3 Å². The van der Waals surface area contributed by atoms with Crippen LogP contribution in [0.2, 0.25) is 0 Å². The van der Waals surface area contributed by atoms with Crippen LogP contribution in [-0.2, 0) is 4.74 Å². The Hall–Kier alpha value is -0.0800. The first-order valence-electron chi connectivity index (χ1n) is 3.91. The molecule has 2 nitrogen and oxygen atoms in total. The molecule has 2 atom stereocenters. The van der Waals surface area contributed by atoms with E-state index >= 15 is 0 Å². The van der Waals surface area contributed by atoms with E-state index < -0.39 is 0 Å². The molecule has 1 aliphatic rings. The molecule has 0 aromatic rings. The van der Waals surface area contributed by atoms with Gasteiger partial charge in [-0.1, -0.05) is 0 Å². The molecule has 0 spiro atoms. The highest BCUT2D eigenvalue weighted by Crippen LogP contribution is 2.30. The molecule has 0 bridgehead atoms. The van der Waals surface area contributed by atoms with Crippen LogP contribution in [0.3, 0.4) is 0 Å². The first kappa shape index (κ1) is 8.02. The number of hydrogen-bond acceptors (Lipinski definition) is 2. The maximum Gasteiger partial charge on any atom is 0.0743 e. The van der Waals surface area contributed by atoms with Crippen molar-refractivity contribution >= 4 is 0 Å². The molecule has 0 aromatic carbocycles. The molecule has 0 saturated heterocycles. The summed E-state index contributed by atoms with van der Waals surface area (Å²) in [5, 5.41) is 0. The van der Waals surface area contributed by atoms with Crippen LogP contribution in [0.15, 0.2) is 0 Å². The fourth-order valence-electron chi connectivity index (χ4n) is 1.22. The van der Waals surface area contributed by atoms with Gasteiger partial charge in [-0.05, 0) is 27.3 Å². The Kier molecular flexibility index (Phi) is 2.32. The van der Waals surface area contributed by atoms with Gasteiger partial charge in [0, 0.05) is 19.2 Å². The fraction of sp³-hybridized carbons (Fsp3) is 1.00. The normalized spacial score (nSPS) is 31.8. The summed E-state index contributed by atoms with van der Waals surface area (Å²) in [6, 6.07) is 1.33. The monoisotopic (exact) mass is 143 g/mol. The highest BCUT2D eigenvalue weighted by molar-refractivity contribution is 4.96. The quantitative estimate of drug-likeness (QED) is 0.587. The summed E-state index contributed by atoms with van der Waals surface area (Å²) in [6.45, 7) is 4.43. The van der Waals surface area contributed by atoms with Gasteiger partial charge in [0.05, 0.1) is 6.10 Å². The van der Waals surface area contributed by atoms with Gasteiger partial charge in [0.1, 0.15) is 0 Å². The molecule has 1 fully saturated rings. The van der Waals surface area contributed by atoms with Crippen molar-refractivity contribution in [1.29, 1.82) is 0 Å². The summed E-state index contributed by atoms with van der Waals surface area (Å²) in [5.41, 5.74) is 0. The minimum atomic E-state index is 0.507. The zero-order chi connectivity index (χ0) is 7.72. The predicted molar refractivity (Wildman–Crippen MR) is 42.1 cm³/mol. The molecule has 0 amide bonds. The maximum absolute atomic E-state index is 5.20. The number of rotatable bonds is 3. The average molecular weight is 143 g/mol. The average Bonchev–Trinajstić information content (AvgIpc) is 2.64. The van der Waals surface area contributed by atoms with Crippen LogP contribution >= 0.6 is 0 Å². The summed E-state index contributed by atoms with van der Waals surface area (Å²) < 4.78 is 5.20. The van der Waals surface area contributed by atoms with Crippen LogP contribution < -0.4 is 0 Å². The molecular weight excluding hydrogens is 126 g/mol. The molecular formula is C8H17NO. The Morgan fingerprint density at radius 2 is 2.10 bits per heavy atom. The lowest BCUT2D eigenvalue weighted by Gasteiger charge is -2.20. The van der Waals surface area contributed by atoms with Gasteiger partial charge in [-0.2, -0.15) is 0 Å². The summed E-state index contributed by atoms with van der Waals surface area (Å²) in [7, 11) is 3.95. The minimum absolute atomic E-state index is 0.507. The zero-order valence-electron chi connectivity index (χ0n) is 7.29.